The highest BCUT2D eigenvalue weighted by Crippen LogP contribution is 2.26. The highest BCUT2D eigenvalue weighted by Gasteiger charge is 2.34. The van der Waals surface area contributed by atoms with Crippen molar-refractivity contribution in [3.8, 4) is 0 Å². The van der Waals surface area contributed by atoms with Gasteiger partial charge in [0.15, 0.2) is 0 Å². The van der Waals surface area contributed by atoms with Gasteiger partial charge in [-0.3, -0.25) is 19.2 Å². The third-order valence-corrected chi connectivity index (χ3v) is 5.16. The zero-order chi connectivity index (χ0) is 19.2. The molecular weight excluding hydrogens is 366 g/mol. The van der Waals surface area contributed by atoms with Gasteiger partial charge in [-0.05, 0) is 42.3 Å². The zero-order valence-corrected chi connectivity index (χ0v) is 15.3. The molecule has 2 amide bonds. The summed E-state index contributed by atoms with van der Waals surface area (Å²) in [5.41, 5.74) is 3.08. The minimum atomic E-state index is -3.37. The number of aromatic amines is 1. The summed E-state index contributed by atoms with van der Waals surface area (Å²) in [7, 11) is -3.37. The number of rotatable bonds is 5. The fourth-order valence-electron chi connectivity index (χ4n) is 3.34. The summed E-state index contributed by atoms with van der Waals surface area (Å²) >= 11 is 0. The third-order valence-electron chi connectivity index (χ3n) is 4.55. The van der Waals surface area contributed by atoms with Crippen LogP contribution < -0.4 is 4.72 Å². The lowest BCUT2D eigenvalue weighted by atomic mass is 10.1. The number of amides is 2. The lowest BCUT2D eigenvalue weighted by molar-refractivity contribution is 0.0656. The maximum absolute atomic E-state index is 12.5. The van der Waals surface area contributed by atoms with Crippen molar-refractivity contribution in [1.29, 1.82) is 0 Å². The minimum Gasteiger partial charge on any atom is -0.361 e. The first-order valence-electron chi connectivity index (χ1n) is 8.36. The van der Waals surface area contributed by atoms with E-state index in [4.69, 9.17) is 0 Å². The van der Waals surface area contributed by atoms with E-state index in [-0.39, 0.29) is 18.4 Å². The van der Waals surface area contributed by atoms with Gasteiger partial charge in [0.1, 0.15) is 0 Å². The average Bonchev–Trinajstić information content (AvgIpc) is 3.12. The molecule has 0 atom stereocenters. The molecule has 2 heterocycles. The van der Waals surface area contributed by atoms with Crippen LogP contribution in [0.15, 0.2) is 48.7 Å². The number of benzene rings is 2. The molecule has 2 aromatic carbocycles. The maximum Gasteiger partial charge on any atom is 0.261 e. The molecule has 27 heavy (non-hydrogen) atoms. The molecule has 0 bridgehead atoms. The lowest BCUT2D eigenvalue weighted by Gasteiger charge is -2.13. The molecule has 138 valence electrons. The Labute approximate surface area is 156 Å². The number of carbonyl (C=O) groups excluding carboxylic acids is 2. The molecule has 3 aromatic rings. The van der Waals surface area contributed by atoms with Crippen molar-refractivity contribution in [2.24, 2.45) is 0 Å². The fraction of sp³-hybridized carbons (Fsp3) is 0.158. The predicted molar refractivity (Wildman–Crippen MR) is 102 cm³/mol. The number of hydrogen-bond acceptors (Lipinski definition) is 4. The fourth-order valence-corrected chi connectivity index (χ4v) is 3.89. The van der Waals surface area contributed by atoms with Gasteiger partial charge in [-0.25, -0.2) is 8.42 Å². The van der Waals surface area contributed by atoms with Crippen molar-refractivity contribution in [3.63, 3.8) is 0 Å². The normalized spacial score (nSPS) is 14.0. The number of hydrogen-bond donors (Lipinski definition) is 2. The van der Waals surface area contributed by atoms with E-state index >= 15 is 0 Å². The molecule has 0 fully saturated rings. The zero-order valence-electron chi connectivity index (χ0n) is 14.5. The number of imide groups is 1. The topological polar surface area (TPSA) is 99.3 Å². The van der Waals surface area contributed by atoms with Crippen LogP contribution in [0.25, 0.3) is 10.9 Å². The Balaban J connectivity index is 1.57. The van der Waals surface area contributed by atoms with Gasteiger partial charge in [0.25, 0.3) is 11.8 Å². The van der Waals surface area contributed by atoms with Gasteiger partial charge in [0, 0.05) is 29.3 Å². The number of nitrogens with zero attached hydrogens (tertiary/aromatic N) is 1. The first kappa shape index (κ1) is 17.3. The van der Waals surface area contributed by atoms with Gasteiger partial charge in [-0.2, -0.15) is 0 Å². The number of anilines is 1. The Bertz CT molecular complexity index is 1150. The lowest BCUT2D eigenvalue weighted by Crippen LogP contribution is -2.31. The van der Waals surface area contributed by atoms with E-state index in [0.717, 1.165) is 22.7 Å². The van der Waals surface area contributed by atoms with E-state index in [1.54, 1.807) is 42.5 Å². The van der Waals surface area contributed by atoms with Crippen LogP contribution in [0.2, 0.25) is 0 Å². The second-order valence-corrected chi connectivity index (χ2v) is 8.25. The SMILES string of the molecule is CS(=O)(=O)Nc1ccc2[nH]cc(CCN3C(=O)c4ccccc4C3=O)c2c1. The summed E-state index contributed by atoms with van der Waals surface area (Å²) in [6, 6.07) is 12.0. The van der Waals surface area contributed by atoms with Crippen molar-refractivity contribution in [2.45, 2.75) is 6.42 Å². The average molecular weight is 383 g/mol. The van der Waals surface area contributed by atoms with Crippen LogP contribution in [-0.4, -0.2) is 42.9 Å². The van der Waals surface area contributed by atoms with E-state index in [1.807, 2.05) is 6.20 Å². The Hall–Kier alpha value is -3.13. The van der Waals surface area contributed by atoms with Gasteiger partial charge >= 0.3 is 0 Å². The Morgan fingerprint density at radius 1 is 1.04 bits per heavy atom. The molecule has 0 aliphatic carbocycles. The Kier molecular flexibility index (Phi) is 4.00. The molecule has 0 spiro atoms. The maximum atomic E-state index is 12.5. The number of nitrogens with one attached hydrogen (secondary N) is 2. The van der Waals surface area contributed by atoms with Crippen molar-refractivity contribution >= 4 is 38.4 Å². The summed E-state index contributed by atoms with van der Waals surface area (Å²) in [4.78, 5) is 29.3. The molecule has 1 aliphatic rings. The molecule has 2 N–H and O–H groups in total. The molecule has 0 saturated heterocycles. The molecule has 8 heteroatoms. The first-order chi connectivity index (χ1) is 12.8. The second-order valence-electron chi connectivity index (χ2n) is 6.51. The summed E-state index contributed by atoms with van der Waals surface area (Å²) in [5, 5.41) is 0.847. The van der Waals surface area contributed by atoms with Crippen molar-refractivity contribution < 1.29 is 18.0 Å². The molecule has 1 aliphatic heterocycles. The van der Waals surface area contributed by atoms with Crippen LogP contribution in [0.4, 0.5) is 5.69 Å². The highest BCUT2D eigenvalue weighted by molar-refractivity contribution is 7.92. The molecule has 4 rings (SSSR count). The number of carbonyl (C=O) groups is 2. The van der Waals surface area contributed by atoms with Gasteiger partial charge in [-0.15, -0.1) is 0 Å². The van der Waals surface area contributed by atoms with Gasteiger partial charge < -0.3 is 4.98 Å². The quantitative estimate of drug-likeness (QED) is 0.661. The smallest absolute Gasteiger partial charge is 0.261 e. The van der Waals surface area contributed by atoms with Crippen molar-refractivity contribution in [2.75, 3.05) is 17.5 Å². The standard InChI is InChI=1S/C19H17N3O4S/c1-27(25,26)21-13-6-7-17-16(10-13)12(11-20-17)8-9-22-18(23)14-4-2-3-5-15(14)19(22)24/h2-7,10-11,20-21H,8-9H2,1H3. The first-order valence-corrected chi connectivity index (χ1v) is 10.3. The summed E-state index contributed by atoms with van der Waals surface area (Å²) < 4.78 is 25.3. The van der Waals surface area contributed by atoms with Gasteiger partial charge in [-0.1, -0.05) is 12.1 Å². The van der Waals surface area contributed by atoms with E-state index < -0.39 is 10.0 Å². The van der Waals surface area contributed by atoms with Crippen molar-refractivity contribution in [3.05, 3.63) is 65.4 Å². The summed E-state index contributed by atoms with van der Waals surface area (Å²) in [5.74, 6) is -0.565. The number of fused-ring (bicyclic) bond motifs is 2. The number of sulfonamides is 1. The molecule has 0 saturated carbocycles. The predicted octanol–water partition coefficient (Wildman–Crippen LogP) is 2.38. The monoisotopic (exact) mass is 383 g/mol. The van der Waals surface area contributed by atoms with Crippen LogP contribution in [0, 0.1) is 0 Å². The van der Waals surface area contributed by atoms with Crippen LogP contribution in [-0.2, 0) is 16.4 Å². The van der Waals surface area contributed by atoms with Gasteiger partial charge in [0.05, 0.1) is 17.4 Å². The summed E-state index contributed by atoms with van der Waals surface area (Å²) in [6.07, 6.45) is 3.37. The molecular formula is C19H17N3O4S. The van der Waals surface area contributed by atoms with Crippen LogP contribution in [0.1, 0.15) is 26.3 Å². The van der Waals surface area contributed by atoms with E-state index in [1.165, 1.54) is 4.90 Å². The number of aromatic nitrogens is 1. The van der Waals surface area contributed by atoms with E-state index in [2.05, 4.69) is 9.71 Å². The van der Waals surface area contributed by atoms with E-state index in [0.29, 0.717) is 23.2 Å². The van der Waals surface area contributed by atoms with Crippen LogP contribution in [0.5, 0.6) is 0 Å². The Morgan fingerprint density at radius 3 is 2.33 bits per heavy atom. The molecule has 0 radical (unpaired) electrons. The van der Waals surface area contributed by atoms with Crippen LogP contribution >= 0.6 is 0 Å². The van der Waals surface area contributed by atoms with Crippen LogP contribution in [0.3, 0.4) is 0 Å². The van der Waals surface area contributed by atoms with Gasteiger partial charge in [0.2, 0.25) is 10.0 Å². The minimum absolute atomic E-state index is 0.253. The molecule has 0 unspecified atom stereocenters. The number of H-pyrrole nitrogens is 1. The third kappa shape index (κ3) is 3.19. The Morgan fingerprint density at radius 2 is 1.70 bits per heavy atom. The largest absolute Gasteiger partial charge is 0.361 e. The molecule has 1 aromatic heterocycles. The van der Waals surface area contributed by atoms with Crippen molar-refractivity contribution in [1.82, 2.24) is 9.88 Å². The second kappa shape index (κ2) is 6.24. The summed E-state index contributed by atoms with van der Waals surface area (Å²) in [6.45, 7) is 0.253. The highest BCUT2D eigenvalue weighted by atomic mass is 32.2. The van der Waals surface area contributed by atoms with E-state index in [9.17, 15) is 18.0 Å². The molecule has 7 nitrogen and oxygen atoms in total.